The van der Waals surface area contributed by atoms with E-state index < -0.39 is 11.0 Å². The number of likely N-dealkylation sites (N-methyl/N-ethyl adjacent to an activating group) is 1. The predicted molar refractivity (Wildman–Crippen MR) is 108 cm³/mol. The van der Waals surface area contributed by atoms with E-state index >= 15 is 0 Å². The summed E-state index contributed by atoms with van der Waals surface area (Å²) in [5.41, 5.74) is 2.25. The van der Waals surface area contributed by atoms with Crippen LogP contribution in [0, 0.1) is 5.92 Å². The van der Waals surface area contributed by atoms with Gasteiger partial charge in [-0.15, -0.1) is 0 Å². The maximum Gasteiger partial charge on any atom is 0.166 e. The normalized spacial score (nSPS) is 42.2. The van der Waals surface area contributed by atoms with Crippen LogP contribution in [0.4, 0.5) is 0 Å². The number of rotatable bonds is 2. The van der Waals surface area contributed by atoms with Crippen LogP contribution in [0.15, 0.2) is 24.3 Å². The van der Waals surface area contributed by atoms with Gasteiger partial charge < -0.3 is 43.4 Å². The van der Waals surface area contributed by atoms with E-state index in [1.54, 1.807) is 6.07 Å². The maximum atomic E-state index is 12.4. The molecule has 1 aromatic rings. The SMILES string of the molecule is C=C1CC[C@@]2(O)[C@H]3Cc4ccc(O)c5c4[C@@]2(CC[N+]3(C)CC2CCCC2)[C@H]1O5.[I-]. The number of aliphatic hydroxyl groups is 1. The number of likely N-dealkylation sites (tertiary alicyclic amines) is 1. The molecule has 158 valence electrons. The van der Waals surface area contributed by atoms with Gasteiger partial charge in [0.05, 0.1) is 25.6 Å². The van der Waals surface area contributed by atoms with Crippen LogP contribution in [-0.2, 0) is 11.8 Å². The average Bonchev–Trinajstić information content (AvgIpc) is 3.29. The van der Waals surface area contributed by atoms with Crippen LogP contribution < -0.4 is 28.7 Å². The zero-order chi connectivity index (χ0) is 19.3. The third-order valence-corrected chi connectivity index (χ3v) is 9.21. The number of hydrogen-bond donors (Lipinski definition) is 2. The van der Waals surface area contributed by atoms with Crippen molar-refractivity contribution in [2.24, 2.45) is 5.92 Å². The van der Waals surface area contributed by atoms with E-state index in [9.17, 15) is 10.2 Å². The Balaban J connectivity index is 0.00000181. The molecule has 1 aromatic carbocycles. The molecule has 1 saturated heterocycles. The van der Waals surface area contributed by atoms with Gasteiger partial charge in [-0.05, 0) is 42.9 Å². The largest absolute Gasteiger partial charge is 1.00 e. The van der Waals surface area contributed by atoms with Crippen LogP contribution in [0.25, 0.3) is 0 Å². The number of hydrogen-bond acceptors (Lipinski definition) is 3. The molecule has 2 aliphatic heterocycles. The van der Waals surface area contributed by atoms with Gasteiger partial charge >= 0.3 is 0 Å². The van der Waals surface area contributed by atoms with Crippen molar-refractivity contribution in [2.45, 2.75) is 74.5 Å². The molecule has 29 heavy (non-hydrogen) atoms. The van der Waals surface area contributed by atoms with E-state index in [-0.39, 0.29) is 41.9 Å². The first kappa shape index (κ1) is 20.1. The lowest BCUT2D eigenvalue weighted by atomic mass is 9.48. The number of phenols is 1. The first-order chi connectivity index (χ1) is 13.4. The van der Waals surface area contributed by atoms with Gasteiger partial charge in [-0.1, -0.05) is 25.5 Å². The number of aromatic hydroxyl groups is 1. The molecule has 2 N–H and O–H groups in total. The molecule has 5 heteroatoms. The molecular formula is C24H32INO3. The van der Waals surface area contributed by atoms with Crippen LogP contribution in [0.5, 0.6) is 11.5 Å². The van der Waals surface area contributed by atoms with E-state index in [0.717, 1.165) is 53.8 Å². The zero-order valence-corrected chi connectivity index (χ0v) is 19.5. The number of ether oxygens (including phenoxy) is 1. The summed E-state index contributed by atoms with van der Waals surface area (Å²) in [4.78, 5) is 0. The highest BCUT2D eigenvalue weighted by molar-refractivity contribution is 5.63. The Morgan fingerprint density at radius 3 is 2.76 bits per heavy atom. The minimum absolute atomic E-state index is 0. The van der Waals surface area contributed by atoms with Crippen LogP contribution in [0.2, 0.25) is 0 Å². The molecule has 0 aromatic heterocycles. The molecule has 5 aliphatic rings. The first-order valence-corrected chi connectivity index (χ1v) is 11.2. The second-order valence-corrected chi connectivity index (χ2v) is 10.5. The van der Waals surface area contributed by atoms with Crippen molar-refractivity contribution in [3.63, 3.8) is 0 Å². The Kier molecular flexibility index (Phi) is 4.42. The molecule has 2 heterocycles. The van der Waals surface area contributed by atoms with Gasteiger partial charge in [0.15, 0.2) is 11.5 Å². The van der Waals surface area contributed by atoms with Gasteiger partial charge in [-0.2, -0.15) is 0 Å². The quantitative estimate of drug-likeness (QED) is 0.346. The van der Waals surface area contributed by atoms with E-state index in [1.165, 1.54) is 37.8 Å². The van der Waals surface area contributed by atoms with Crippen LogP contribution in [-0.4, -0.2) is 52.6 Å². The van der Waals surface area contributed by atoms with Crippen molar-refractivity contribution < 1.29 is 43.4 Å². The lowest BCUT2D eigenvalue weighted by Gasteiger charge is -2.65. The van der Waals surface area contributed by atoms with Crippen LogP contribution >= 0.6 is 0 Å². The van der Waals surface area contributed by atoms with Crippen molar-refractivity contribution in [2.75, 3.05) is 20.1 Å². The summed E-state index contributed by atoms with van der Waals surface area (Å²) in [6, 6.07) is 4.06. The number of halogens is 1. The van der Waals surface area contributed by atoms with E-state index in [0.29, 0.717) is 5.75 Å². The Hall–Kier alpha value is -0.790. The van der Waals surface area contributed by atoms with Crippen LogP contribution in [0.3, 0.4) is 0 Å². The number of nitrogens with zero attached hydrogens (tertiary/aromatic N) is 1. The molecule has 3 aliphatic carbocycles. The predicted octanol–water partition coefficient (Wildman–Crippen LogP) is 0.441. The summed E-state index contributed by atoms with van der Waals surface area (Å²) in [6.45, 7) is 6.59. The Morgan fingerprint density at radius 2 is 2.00 bits per heavy atom. The third kappa shape index (κ3) is 2.33. The Bertz CT molecular complexity index is 881. The van der Waals surface area contributed by atoms with E-state index in [2.05, 4.69) is 19.7 Å². The second kappa shape index (κ2) is 6.36. The van der Waals surface area contributed by atoms with Gasteiger partial charge in [-0.3, -0.25) is 0 Å². The van der Waals surface area contributed by atoms with Crippen molar-refractivity contribution in [1.82, 2.24) is 0 Å². The molecule has 2 saturated carbocycles. The molecule has 0 amide bonds. The van der Waals surface area contributed by atoms with Gasteiger partial charge in [0.2, 0.25) is 0 Å². The summed E-state index contributed by atoms with van der Waals surface area (Å²) < 4.78 is 7.36. The lowest BCUT2D eigenvalue weighted by Crippen LogP contribution is -3.00. The molecule has 5 atom stereocenters. The molecule has 0 radical (unpaired) electrons. The molecule has 3 fully saturated rings. The van der Waals surface area contributed by atoms with Crippen molar-refractivity contribution >= 4 is 0 Å². The summed E-state index contributed by atoms with van der Waals surface area (Å²) in [7, 11) is 2.40. The smallest absolute Gasteiger partial charge is 0.166 e. The molecule has 1 spiro atoms. The monoisotopic (exact) mass is 509 g/mol. The minimum atomic E-state index is -0.781. The van der Waals surface area contributed by atoms with Crippen molar-refractivity contribution in [1.29, 1.82) is 0 Å². The van der Waals surface area contributed by atoms with Gasteiger partial charge in [-0.25, -0.2) is 0 Å². The maximum absolute atomic E-state index is 12.4. The molecule has 2 bridgehead atoms. The summed E-state index contributed by atoms with van der Waals surface area (Å²) in [5.74, 6) is 1.63. The van der Waals surface area contributed by atoms with Gasteiger partial charge in [0.25, 0.3) is 0 Å². The number of phenolic OH excluding ortho intramolecular Hbond substituents is 1. The fourth-order valence-electron chi connectivity index (χ4n) is 7.96. The van der Waals surface area contributed by atoms with E-state index in [1.807, 2.05) is 0 Å². The standard InChI is InChI=1S/C24H31NO3.HI/c1-15-9-10-24(27)19-13-17-7-8-18(26)21-20(17)23(24,22(15)28-21)11-12-25(19,2)14-16-5-3-4-6-16;/h7-8,16,19,22,27H,1,3-6,9-14H2,2H3;1H/t19-,22+,23+,24-,25?;/m1./s1. The number of benzene rings is 1. The second-order valence-electron chi connectivity index (χ2n) is 10.5. The van der Waals surface area contributed by atoms with Crippen molar-refractivity contribution in [3.05, 3.63) is 35.4 Å². The minimum Gasteiger partial charge on any atom is -1.00 e. The lowest BCUT2D eigenvalue weighted by molar-refractivity contribution is -0.952. The molecule has 6 rings (SSSR count). The highest BCUT2D eigenvalue weighted by Crippen LogP contribution is 2.67. The highest BCUT2D eigenvalue weighted by atomic mass is 127. The summed E-state index contributed by atoms with van der Waals surface area (Å²) in [6.07, 6.45) is 8.61. The van der Waals surface area contributed by atoms with Gasteiger partial charge in [0.1, 0.15) is 17.7 Å². The van der Waals surface area contributed by atoms with E-state index in [4.69, 9.17) is 4.74 Å². The van der Waals surface area contributed by atoms with Crippen molar-refractivity contribution in [3.8, 4) is 11.5 Å². The number of piperidine rings is 1. The fourth-order valence-corrected chi connectivity index (χ4v) is 7.96. The fraction of sp³-hybridized carbons (Fsp3) is 0.667. The number of quaternary nitrogens is 1. The molecule has 4 nitrogen and oxygen atoms in total. The topological polar surface area (TPSA) is 49.7 Å². The third-order valence-electron chi connectivity index (χ3n) is 9.21. The molecule has 1 unspecified atom stereocenters. The highest BCUT2D eigenvalue weighted by Gasteiger charge is 2.75. The first-order valence-electron chi connectivity index (χ1n) is 11.2. The average molecular weight is 509 g/mol. The summed E-state index contributed by atoms with van der Waals surface area (Å²) >= 11 is 0. The molecular weight excluding hydrogens is 477 g/mol. The van der Waals surface area contributed by atoms with Gasteiger partial charge in [0, 0.05) is 24.3 Å². The summed E-state index contributed by atoms with van der Waals surface area (Å²) in [5, 5.41) is 22.9. The Morgan fingerprint density at radius 1 is 1.24 bits per heavy atom. The Labute approximate surface area is 190 Å². The van der Waals surface area contributed by atoms with Crippen LogP contribution in [0.1, 0.15) is 56.1 Å². The zero-order valence-electron chi connectivity index (χ0n) is 17.3.